The maximum absolute atomic E-state index is 13.9. The number of carbonyl (C=O) groups excluding carboxylic acids is 1. The van der Waals surface area contributed by atoms with Crippen LogP contribution in [0.5, 0.6) is 23.0 Å². The van der Waals surface area contributed by atoms with Crippen LogP contribution in [-0.2, 0) is 16.6 Å². The van der Waals surface area contributed by atoms with Crippen molar-refractivity contribution in [3.05, 3.63) is 83.4 Å². The topological polar surface area (TPSA) is 119 Å². The summed E-state index contributed by atoms with van der Waals surface area (Å²) in [6, 6.07) is 20.4. The monoisotopic (exact) mass is 639 g/mol. The Balaban J connectivity index is 1.57. The Hall–Kier alpha value is -3.99. The first kappa shape index (κ1) is 34.3. The molecule has 250 valence electrons. The van der Waals surface area contributed by atoms with Crippen molar-refractivity contribution >= 4 is 5.78 Å². The largest absolute Gasteiger partial charge is 0.504 e. The summed E-state index contributed by atoms with van der Waals surface area (Å²) in [5.41, 5.74) is 2.32. The van der Waals surface area contributed by atoms with Crippen molar-refractivity contribution in [3.8, 4) is 34.8 Å². The number of carbonyl (C=O) groups is 1. The summed E-state index contributed by atoms with van der Waals surface area (Å²) in [7, 11) is 1.51. The second kappa shape index (κ2) is 15.7. The summed E-state index contributed by atoms with van der Waals surface area (Å²) in [4.78, 5) is 13.9. The minimum absolute atomic E-state index is 0.000684. The van der Waals surface area contributed by atoms with E-state index in [1.807, 2.05) is 30.3 Å². The molecule has 0 radical (unpaired) electrons. The second-order valence-corrected chi connectivity index (χ2v) is 13.5. The summed E-state index contributed by atoms with van der Waals surface area (Å²) in [5.74, 6) is 6.62. The maximum atomic E-state index is 13.9. The number of Topliss-reactive ketones (excluding diaryl/α,β-unsaturated/α-hetero) is 1. The third-order valence-electron chi connectivity index (χ3n) is 10.4. The molecular formula is C40H49NO6. The van der Waals surface area contributed by atoms with Gasteiger partial charge in [-0.3, -0.25) is 4.79 Å². The number of phenols is 3. The molecular weight excluding hydrogens is 590 g/mol. The van der Waals surface area contributed by atoms with Crippen LogP contribution in [0.1, 0.15) is 80.9 Å². The predicted octanol–water partition coefficient (Wildman–Crippen LogP) is 6.62. The highest BCUT2D eigenvalue weighted by Gasteiger charge is 2.47. The average molecular weight is 640 g/mol. The van der Waals surface area contributed by atoms with E-state index in [9.17, 15) is 25.2 Å². The highest BCUT2D eigenvalue weighted by Crippen LogP contribution is 2.51. The number of hydrogen-bond acceptors (Lipinski definition) is 7. The molecule has 1 saturated carbocycles. The first-order valence-corrected chi connectivity index (χ1v) is 17.1. The van der Waals surface area contributed by atoms with Gasteiger partial charge in [-0.25, -0.2) is 0 Å². The van der Waals surface area contributed by atoms with Gasteiger partial charge in [-0.1, -0.05) is 61.7 Å². The molecule has 47 heavy (non-hydrogen) atoms. The van der Waals surface area contributed by atoms with E-state index < -0.39 is 11.5 Å². The molecule has 3 aromatic rings. The Morgan fingerprint density at radius 2 is 1.77 bits per heavy atom. The van der Waals surface area contributed by atoms with Gasteiger partial charge in [0.2, 0.25) is 0 Å². The van der Waals surface area contributed by atoms with Crippen LogP contribution in [0.2, 0.25) is 0 Å². The lowest BCUT2D eigenvalue weighted by Crippen LogP contribution is -2.47. The quantitative estimate of drug-likeness (QED) is 0.0962. The zero-order valence-corrected chi connectivity index (χ0v) is 27.6. The van der Waals surface area contributed by atoms with Crippen LogP contribution in [-0.4, -0.2) is 52.5 Å². The number of aromatic hydroxyl groups is 3. The highest BCUT2D eigenvalue weighted by atomic mass is 16.5. The van der Waals surface area contributed by atoms with Crippen molar-refractivity contribution in [1.29, 1.82) is 0 Å². The number of phenolic OH excluding ortho intramolecular Hbond substituents is 3. The van der Waals surface area contributed by atoms with Gasteiger partial charge in [0.1, 0.15) is 5.78 Å². The minimum atomic E-state index is -0.934. The standard InChI is InChI=1S/C40H49NO6/c1-3-19-41-26-28-11-8-18-40(25-28,31-15-17-35(43)38(46)22-31)34-13-7-12-29(20-27-9-5-4-6-10-27)33(23-32(42)24-37(34)45)30-14-16-36(44)39(21-30)47-2/h4-6,9-10,14-17,21-22,28-29,33-34,37,41,43-46H,3,8,11,13,18-20,23-26H2,1-2H3. The summed E-state index contributed by atoms with van der Waals surface area (Å²) < 4.78 is 5.42. The molecule has 0 spiro atoms. The van der Waals surface area contributed by atoms with E-state index in [0.717, 1.165) is 61.9 Å². The minimum Gasteiger partial charge on any atom is -0.504 e. The van der Waals surface area contributed by atoms with Gasteiger partial charge in [0.25, 0.3) is 0 Å². The Morgan fingerprint density at radius 3 is 2.51 bits per heavy atom. The number of ketones is 1. The van der Waals surface area contributed by atoms with Crippen LogP contribution >= 0.6 is 0 Å². The molecule has 0 aliphatic heterocycles. The van der Waals surface area contributed by atoms with Crippen molar-refractivity contribution in [2.45, 2.75) is 82.1 Å². The fourth-order valence-corrected chi connectivity index (χ4v) is 8.01. The van der Waals surface area contributed by atoms with Crippen LogP contribution in [0.25, 0.3) is 0 Å². The number of methoxy groups -OCH3 is 1. The van der Waals surface area contributed by atoms with Crippen LogP contribution in [0.15, 0.2) is 66.7 Å². The predicted molar refractivity (Wildman–Crippen MR) is 184 cm³/mol. The Kier molecular flexibility index (Phi) is 11.5. The smallest absolute Gasteiger partial charge is 0.160 e. The number of aliphatic hydroxyl groups is 1. The fourth-order valence-electron chi connectivity index (χ4n) is 8.01. The molecule has 6 unspecified atom stereocenters. The highest BCUT2D eigenvalue weighted by molar-refractivity contribution is 5.80. The summed E-state index contributed by atoms with van der Waals surface area (Å²) in [5, 5.41) is 46.6. The maximum Gasteiger partial charge on any atom is 0.160 e. The molecule has 0 aromatic heterocycles. The van der Waals surface area contributed by atoms with Crippen molar-refractivity contribution in [2.75, 3.05) is 20.2 Å². The average Bonchev–Trinajstić information content (AvgIpc) is 3.07. The first-order chi connectivity index (χ1) is 22.7. The number of ether oxygens (including phenoxy) is 1. The van der Waals surface area contributed by atoms with Crippen LogP contribution in [0, 0.1) is 29.6 Å². The van der Waals surface area contributed by atoms with Crippen molar-refractivity contribution in [3.63, 3.8) is 0 Å². The molecule has 2 aliphatic carbocycles. The van der Waals surface area contributed by atoms with Crippen LogP contribution in [0.3, 0.4) is 0 Å². The van der Waals surface area contributed by atoms with Gasteiger partial charge in [-0.15, -0.1) is 5.92 Å². The molecule has 5 N–H and O–H groups in total. The normalized spacial score (nSPS) is 26.6. The van der Waals surface area contributed by atoms with E-state index in [0.29, 0.717) is 24.5 Å². The summed E-state index contributed by atoms with van der Waals surface area (Å²) >= 11 is 0. The van der Waals surface area contributed by atoms with E-state index in [2.05, 4.69) is 36.2 Å². The molecule has 5 rings (SSSR count). The molecule has 0 amide bonds. The summed E-state index contributed by atoms with van der Waals surface area (Å²) in [6.45, 7) is 3.95. The molecule has 6 atom stereocenters. The molecule has 3 aromatic carbocycles. The second-order valence-electron chi connectivity index (χ2n) is 13.5. The van der Waals surface area contributed by atoms with Gasteiger partial charge in [-0.2, -0.15) is 0 Å². The molecule has 1 fully saturated rings. The van der Waals surface area contributed by atoms with E-state index in [1.54, 1.807) is 18.2 Å². The van der Waals surface area contributed by atoms with E-state index in [1.165, 1.54) is 13.2 Å². The van der Waals surface area contributed by atoms with Crippen LogP contribution < -0.4 is 10.1 Å². The van der Waals surface area contributed by atoms with Crippen LogP contribution in [0.4, 0.5) is 0 Å². The lowest BCUT2D eigenvalue weighted by Gasteiger charge is -2.48. The third-order valence-corrected chi connectivity index (χ3v) is 10.4. The van der Waals surface area contributed by atoms with Crippen molar-refractivity contribution < 1.29 is 30.0 Å². The lowest BCUT2D eigenvalue weighted by molar-refractivity contribution is -0.123. The van der Waals surface area contributed by atoms with Gasteiger partial charge in [0.05, 0.1) is 13.2 Å². The number of aliphatic hydroxyl groups excluding tert-OH is 1. The zero-order chi connectivity index (χ0) is 33.4. The van der Waals surface area contributed by atoms with E-state index in [4.69, 9.17) is 4.74 Å². The summed E-state index contributed by atoms with van der Waals surface area (Å²) in [6.07, 6.45) is 4.94. The van der Waals surface area contributed by atoms with E-state index in [-0.39, 0.29) is 53.6 Å². The molecule has 2 aliphatic rings. The van der Waals surface area contributed by atoms with E-state index >= 15 is 0 Å². The SMILES string of the molecule is CCCNCC1CCCC(c2ccc(O)c(O)c2)(C2CC#CC(Cc3ccccc3)C(c3ccc(O)c(OC)c3)CC(=O)CC2O)C1. The van der Waals surface area contributed by atoms with Gasteiger partial charge in [0, 0.05) is 42.4 Å². The molecule has 7 heteroatoms. The number of hydrogen-bond donors (Lipinski definition) is 5. The molecule has 0 bridgehead atoms. The lowest BCUT2D eigenvalue weighted by atomic mass is 9.57. The fraction of sp³-hybridized carbons (Fsp3) is 0.475. The Labute approximate surface area is 279 Å². The Morgan fingerprint density at radius 1 is 0.979 bits per heavy atom. The van der Waals surface area contributed by atoms with Gasteiger partial charge in [-0.05, 0) is 92.1 Å². The number of benzene rings is 3. The van der Waals surface area contributed by atoms with Gasteiger partial charge in [0.15, 0.2) is 23.0 Å². The van der Waals surface area contributed by atoms with Gasteiger partial charge >= 0.3 is 0 Å². The third kappa shape index (κ3) is 8.12. The zero-order valence-electron chi connectivity index (χ0n) is 27.6. The van der Waals surface area contributed by atoms with Gasteiger partial charge < -0.3 is 30.5 Å². The molecule has 0 saturated heterocycles. The molecule has 0 heterocycles. The number of nitrogens with one attached hydrogen (secondary N) is 1. The van der Waals surface area contributed by atoms with Crippen molar-refractivity contribution in [2.24, 2.45) is 17.8 Å². The Bertz CT molecular complexity index is 1560. The first-order valence-electron chi connectivity index (χ1n) is 17.1. The number of rotatable bonds is 10. The molecule has 7 nitrogen and oxygen atoms in total. The van der Waals surface area contributed by atoms with Crippen molar-refractivity contribution in [1.82, 2.24) is 5.32 Å².